The predicted molar refractivity (Wildman–Crippen MR) is 164 cm³/mol. The first kappa shape index (κ1) is 26.6. The molecular weight excluding hydrogens is 544 g/mol. The Labute approximate surface area is 250 Å². The van der Waals surface area contributed by atoms with E-state index in [1.165, 1.54) is 27.8 Å². The highest BCUT2D eigenvalue weighted by atomic mass is 35.5. The number of ether oxygens (including phenoxy) is 1. The van der Waals surface area contributed by atoms with Gasteiger partial charge in [-0.1, -0.05) is 59.6 Å². The standard InChI is InChI=1S/C35H31ClN4O2/c36-29-12-15-31-28(21-29)9-8-26-7-4-18-37-34(26)33(31)25-16-19-40(20-17-25)22-32-38-39-35(42-32)27-10-13-30(14-11-27)41-23-24-5-2-1-3-6-24/h1-7,10-15,18,21H,8-9,16-17,19-20,22-23H2. The van der Waals surface area contributed by atoms with Gasteiger partial charge in [0, 0.05) is 35.4 Å². The largest absolute Gasteiger partial charge is 0.489 e. The van der Waals surface area contributed by atoms with E-state index >= 15 is 0 Å². The SMILES string of the molecule is Clc1ccc2c(c1)CCc1cccnc1C2=C1CCN(Cc2nnc(-c3ccc(OCc4ccccc4)cc3)o2)CC1. The van der Waals surface area contributed by atoms with Gasteiger partial charge in [-0.05, 0) is 90.4 Å². The molecule has 6 nitrogen and oxygen atoms in total. The molecule has 0 unspecified atom stereocenters. The fraction of sp³-hybridized carbons (Fsp3) is 0.229. The van der Waals surface area contributed by atoms with Crippen LogP contribution in [0.5, 0.6) is 5.75 Å². The lowest BCUT2D eigenvalue weighted by Gasteiger charge is -2.29. The van der Waals surface area contributed by atoms with Crippen molar-refractivity contribution in [2.45, 2.75) is 38.8 Å². The highest BCUT2D eigenvalue weighted by molar-refractivity contribution is 6.30. The summed E-state index contributed by atoms with van der Waals surface area (Å²) in [5.41, 5.74) is 9.78. The molecule has 0 amide bonds. The van der Waals surface area contributed by atoms with E-state index in [0.717, 1.165) is 66.4 Å². The summed E-state index contributed by atoms with van der Waals surface area (Å²) in [6.45, 7) is 3.02. The summed E-state index contributed by atoms with van der Waals surface area (Å²) in [5.74, 6) is 1.96. The molecule has 3 aromatic carbocycles. The number of piperidine rings is 1. The van der Waals surface area contributed by atoms with Crippen molar-refractivity contribution >= 4 is 17.2 Å². The van der Waals surface area contributed by atoms with Gasteiger partial charge in [0.05, 0.1) is 12.2 Å². The molecule has 0 radical (unpaired) electrons. The lowest BCUT2D eigenvalue weighted by Crippen LogP contribution is -2.30. The molecule has 42 heavy (non-hydrogen) atoms. The van der Waals surface area contributed by atoms with Gasteiger partial charge in [-0.25, -0.2) is 0 Å². The number of fused-ring (bicyclic) bond motifs is 2. The molecule has 1 fully saturated rings. The lowest BCUT2D eigenvalue weighted by atomic mass is 9.88. The van der Waals surface area contributed by atoms with Crippen LogP contribution in [0, 0.1) is 0 Å². The first-order valence-corrected chi connectivity index (χ1v) is 14.8. The number of hydrogen-bond acceptors (Lipinski definition) is 6. The van der Waals surface area contributed by atoms with Crippen LogP contribution in [0.2, 0.25) is 5.02 Å². The summed E-state index contributed by atoms with van der Waals surface area (Å²) in [7, 11) is 0. The summed E-state index contributed by atoms with van der Waals surface area (Å²) in [6.07, 6.45) is 5.80. The van der Waals surface area contributed by atoms with E-state index in [0.29, 0.717) is 24.9 Å². The smallest absolute Gasteiger partial charge is 0.247 e. The molecule has 0 atom stereocenters. The topological polar surface area (TPSA) is 64.3 Å². The molecule has 1 saturated heterocycles. The molecule has 0 spiro atoms. The van der Waals surface area contributed by atoms with E-state index in [1.807, 2.05) is 60.8 Å². The first-order chi connectivity index (χ1) is 20.7. The number of hydrogen-bond donors (Lipinski definition) is 0. The Kier molecular flexibility index (Phi) is 7.56. The van der Waals surface area contributed by atoms with Gasteiger partial charge in [0.1, 0.15) is 12.4 Å². The number of likely N-dealkylation sites (tertiary alicyclic amines) is 1. The zero-order chi connectivity index (χ0) is 28.3. The second-order valence-electron chi connectivity index (χ2n) is 10.9. The van der Waals surface area contributed by atoms with Gasteiger partial charge in [0.2, 0.25) is 11.8 Å². The van der Waals surface area contributed by atoms with Crippen LogP contribution in [-0.2, 0) is 26.0 Å². The molecule has 5 aromatic rings. The molecule has 2 aliphatic rings. The van der Waals surface area contributed by atoms with Crippen LogP contribution in [-0.4, -0.2) is 33.2 Å². The molecule has 0 saturated carbocycles. The zero-order valence-electron chi connectivity index (χ0n) is 23.3. The lowest BCUT2D eigenvalue weighted by molar-refractivity contribution is 0.225. The Bertz CT molecular complexity index is 1720. The van der Waals surface area contributed by atoms with E-state index in [1.54, 1.807) is 0 Å². The average Bonchev–Trinajstić information content (AvgIpc) is 3.43. The van der Waals surface area contributed by atoms with Crippen molar-refractivity contribution in [3.63, 3.8) is 0 Å². The highest BCUT2D eigenvalue weighted by Crippen LogP contribution is 2.38. The number of nitrogens with zero attached hydrogens (tertiary/aromatic N) is 4. The molecule has 3 heterocycles. The van der Waals surface area contributed by atoms with Crippen LogP contribution in [0.25, 0.3) is 17.0 Å². The maximum atomic E-state index is 6.39. The summed E-state index contributed by atoms with van der Waals surface area (Å²) < 4.78 is 12.0. The van der Waals surface area contributed by atoms with Gasteiger partial charge in [-0.15, -0.1) is 10.2 Å². The maximum Gasteiger partial charge on any atom is 0.247 e. The van der Waals surface area contributed by atoms with Gasteiger partial charge in [0.25, 0.3) is 0 Å². The highest BCUT2D eigenvalue weighted by Gasteiger charge is 2.26. The van der Waals surface area contributed by atoms with E-state index < -0.39 is 0 Å². The molecule has 7 rings (SSSR count). The van der Waals surface area contributed by atoms with Crippen LogP contribution in [0.3, 0.4) is 0 Å². The number of pyridine rings is 1. The van der Waals surface area contributed by atoms with E-state index in [2.05, 4.69) is 45.4 Å². The number of halogens is 1. The van der Waals surface area contributed by atoms with Crippen LogP contribution >= 0.6 is 11.6 Å². The average molecular weight is 575 g/mol. The van der Waals surface area contributed by atoms with Crippen LogP contribution < -0.4 is 4.74 Å². The summed E-state index contributed by atoms with van der Waals surface area (Å²) in [4.78, 5) is 7.25. The first-order valence-electron chi connectivity index (χ1n) is 14.5. The van der Waals surface area contributed by atoms with Crippen molar-refractivity contribution in [3.8, 4) is 17.2 Å². The van der Waals surface area contributed by atoms with Crippen molar-refractivity contribution in [3.05, 3.63) is 136 Å². The van der Waals surface area contributed by atoms with Crippen molar-refractivity contribution in [1.29, 1.82) is 0 Å². The molecule has 7 heteroatoms. The van der Waals surface area contributed by atoms with E-state index in [9.17, 15) is 0 Å². The number of aromatic nitrogens is 3. The van der Waals surface area contributed by atoms with Crippen molar-refractivity contribution < 1.29 is 9.15 Å². The molecule has 0 N–H and O–H groups in total. The molecular formula is C35H31ClN4O2. The monoisotopic (exact) mass is 574 g/mol. The summed E-state index contributed by atoms with van der Waals surface area (Å²) in [5, 5.41) is 9.46. The molecule has 1 aliphatic carbocycles. The van der Waals surface area contributed by atoms with Crippen LogP contribution in [0.15, 0.2) is 101 Å². The van der Waals surface area contributed by atoms with Gasteiger partial charge < -0.3 is 9.15 Å². The minimum atomic E-state index is 0.524. The van der Waals surface area contributed by atoms with Gasteiger partial charge >= 0.3 is 0 Å². The molecule has 0 bridgehead atoms. The predicted octanol–water partition coefficient (Wildman–Crippen LogP) is 7.56. The van der Waals surface area contributed by atoms with E-state index in [4.69, 9.17) is 25.7 Å². The summed E-state index contributed by atoms with van der Waals surface area (Å²) in [6, 6.07) is 28.5. The molecule has 210 valence electrons. The normalized spacial score (nSPS) is 15.2. The van der Waals surface area contributed by atoms with Gasteiger partial charge in [-0.3, -0.25) is 9.88 Å². The van der Waals surface area contributed by atoms with Crippen molar-refractivity contribution in [1.82, 2.24) is 20.1 Å². The third-order valence-corrected chi connectivity index (χ3v) is 8.35. The Balaban J connectivity index is 1.02. The van der Waals surface area contributed by atoms with Gasteiger partial charge in [0.15, 0.2) is 0 Å². The van der Waals surface area contributed by atoms with Crippen LogP contribution in [0.4, 0.5) is 0 Å². The third-order valence-electron chi connectivity index (χ3n) is 8.12. The Morgan fingerprint density at radius 1 is 0.810 bits per heavy atom. The minimum absolute atomic E-state index is 0.524. The Morgan fingerprint density at radius 3 is 2.45 bits per heavy atom. The quantitative estimate of drug-likeness (QED) is 0.208. The number of aryl methyl sites for hydroxylation is 2. The van der Waals surface area contributed by atoms with Crippen LogP contribution in [0.1, 0.15) is 46.7 Å². The number of benzene rings is 3. The van der Waals surface area contributed by atoms with Crippen molar-refractivity contribution in [2.24, 2.45) is 0 Å². The fourth-order valence-corrected chi connectivity index (χ4v) is 6.12. The Hall–Kier alpha value is -4.26. The van der Waals surface area contributed by atoms with Crippen molar-refractivity contribution in [2.75, 3.05) is 13.1 Å². The maximum absolute atomic E-state index is 6.39. The second-order valence-corrected chi connectivity index (χ2v) is 11.3. The number of rotatable bonds is 6. The van der Waals surface area contributed by atoms with Gasteiger partial charge in [-0.2, -0.15) is 0 Å². The summed E-state index contributed by atoms with van der Waals surface area (Å²) >= 11 is 6.39. The molecule has 1 aliphatic heterocycles. The van der Waals surface area contributed by atoms with E-state index in [-0.39, 0.29) is 0 Å². The minimum Gasteiger partial charge on any atom is -0.489 e. The molecule has 2 aromatic heterocycles. The Morgan fingerprint density at radius 2 is 1.62 bits per heavy atom. The second kappa shape index (κ2) is 11.9. The zero-order valence-corrected chi connectivity index (χ0v) is 24.1. The third kappa shape index (κ3) is 5.73. The fourth-order valence-electron chi connectivity index (χ4n) is 5.92.